The van der Waals surface area contributed by atoms with Gasteiger partial charge in [-0.2, -0.15) is 0 Å². The van der Waals surface area contributed by atoms with Crippen LogP contribution in [0.1, 0.15) is 81.4 Å². The van der Waals surface area contributed by atoms with Gasteiger partial charge in [-0.1, -0.05) is 56.8 Å². The van der Waals surface area contributed by atoms with Crippen LogP contribution in [0.2, 0.25) is 0 Å². The molecule has 1 aromatic carbocycles. The van der Waals surface area contributed by atoms with Crippen LogP contribution in [0.25, 0.3) is 0 Å². The summed E-state index contributed by atoms with van der Waals surface area (Å²) in [6, 6.07) is 9.18. The quantitative estimate of drug-likeness (QED) is 0.624. The normalized spacial score (nSPS) is 17.7. The Morgan fingerprint density at radius 3 is 2.46 bits per heavy atom. The van der Waals surface area contributed by atoms with E-state index in [0.29, 0.717) is 23.6 Å². The van der Waals surface area contributed by atoms with Crippen LogP contribution in [-0.4, -0.2) is 26.4 Å². The summed E-state index contributed by atoms with van der Waals surface area (Å²) in [5, 5.41) is 13.0. The van der Waals surface area contributed by atoms with Crippen molar-refractivity contribution < 1.29 is 4.79 Å². The lowest BCUT2D eigenvalue weighted by atomic mass is 9.95. The summed E-state index contributed by atoms with van der Waals surface area (Å²) in [5.41, 5.74) is 2.49. The van der Waals surface area contributed by atoms with Crippen molar-refractivity contribution in [2.24, 2.45) is 5.92 Å². The zero-order valence-corrected chi connectivity index (χ0v) is 17.8. The van der Waals surface area contributed by atoms with Gasteiger partial charge in [-0.15, -0.1) is 10.2 Å². The molecule has 1 heterocycles. The average Bonchev–Trinajstić information content (AvgIpc) is 3.63. The summed E-state index contributed by atoms with van der Waals surface area (Å²) in [6.45, 7) is 6.46. The highest BCUT2D eigenvalue weighted by atomic mass is 32.2. The third-order valence-corrected chi connectivity index (χ3v) is 6.55. The number of amides is 1. The van der Waals surface area contributed by atoms with Gasteiger partial charge in [0.1, 0.15) is 5.82 Å². The fourth-order valence-corrected chi connectivity index (χ4v) is 4.45. The van der Waals surface area contributed by atoms with E-state index >= 15 is 0 Å². The second-order valence-corrected chi connectivity index (χ2v) is 9.33. The molecular weight excluding hydrogens is 368 g/mol. The molecule has 2 aliphatic rings. The van der Waals surface area contributed by atoms with Gasteiger partial charge in [-0.25, -0.2) is 0 Å². The van der Waals surface area contributed by atoms with Crippen LogP contribution >= 0.6 is 11.8 Å². The first-order valence-corrected chi connectivity index (χ1v) is 11.5. The Labute approximate surface area is 171 Å². The van der Waals surface area contributed by atoms with Crippen LogP contribution in [0.3, 0.4) is 0 Å². The van der Waals surface area contributed by atoms with Gasteiger partial charge >= 0.3 is 0 Å². The molecule has 2 fully saturated rings. The molecule has 6 heteroatoms. The number of carbonyl (C=O) groups is 1. The van der Waals surface area contributed by atoms with Gasteiger partial charge in [0, 0.05) is 12.0 Å². The van der Waals surface area contributed by atoms with E-state index < -0.39 is 0 Å². The number of carbonyl (C=O) groups excluding carboxylic acids is 1. The van der Waals surface area contributed by atoms with E-state index in [1.54, 1.807) is 0 Å². The summed E-state index contributed by atoms with van der Waals surface area (Å²) in [5.74, 6) is 2.50. The number of nitrogens with one attached hydrogen (secondary N) is 1. The number of nitrogens with zero attached hydrogens (tertiary/aromatic N) is 3. The van der Waals surface area contributed by atoms with Gasteiger partial charge < -0.3 is 9.88 Å². The Hall–Kier alpha value is -1.82. The Morgan fingerprint density at radius 1 is 1.18 bits per heavy atom. The first-order chi connectivity index (χ1) is 13.6. The van der Waals surface area contributed by atoms with Crippen molar-refractivity contribution in [2.45, 2.75) is 76.0 Å². The zero-order chi connectivity index (χ0) is 19.7. The Balaban J connectivity index is 1.39. The van der Waals surface area contributed by atoms with Crippen LogP contribution < -0.4 is 5.32 Å². The molecule has 1 amide bonds. The summed E-state index contributed by atoms with van der Waals surface area (Å²) >= 11 is 1.52. The summed E-state index contributed by atoms with van der Waals surface area (Å²) in [4.78, 5) is 12.7. The molecule has 0 aliphatic heterocycles. The van der Waals surface area contributed by atoms with E-state index in [1.807, 2.05) is 0 Å². The lowest BCUT2D eigenvalue weighted by Gasteiger charge is -2.23. The molecular formula is C22H30N4OS. The number of thioether (sulfide) groups is 1. The van der Waals surface area contributed by atoms with Crippen LogP contribution in [-0.2, 0) is 11.2 Å². The number of hydrogen-bond acceptors (Lipinski definition) is 4. The fourth-order valence-electron chi connectivity index (χ4n) is 3.62. The lowest BCUT2D eigenvalue weighted by Crippen LogP contribution is -2.33. The number of aromatic nitrogens is 3. The molecule has 1 atom stereocenters. The van der Waals surface area contributed by atoms with E-state index in [1.165, 1.54) is 48.6 Å². The van der Waals surface area contributed by atoms with Gasteiger partial charge in [0.25, 0.3) is 0 Å². The smallest absolute Gasteiger partial charge is 0.230 e. The van der Waals surface area contributed by atoms with Gasteiger partial charge in [0.2, 0.25) is 5.91 Å². The summed E-state index contributed by atoms with van der Waals surface area (Å²) in [7, 11) is 0. The standard InChI is InChI=1S/C22H30N4OS/c1-4-15-5-7-16(8-6-15)20(14(2)3)23-19(27)13-28-22-25-24-21(17-9-10-17)26(22)18-11-12-18/h5-8,14,17-18,20H,4,9-13H2,1-3H3,(H,23,27)/t20-/m0/s1. The van der Waals surface area contributed by atoms with Crippen LogP contribution in [0, 0.1) is 5.92 Å². The second-order valence-electron chi connectivity index (χ2n) is 8.39. The van der Waals surface area contributed by atoms with Gasteiger partial charge in [-0.05, 0) is 49.1 Å². The number of aryl methyl sites for hydroxylation is 1. The molecule has 0 saturated heterocycles. The highest BCUT2D eigenvalue weighted by molar-refractivity contribution is 7.99. The molecule has 2 aromatic rings. The van der Waals surface area contributed by atoms with Crippen molar-refractivity contribution >= 4 is 17.7 Å². The maximum atomic E-state index is 12.7. The third-order valence-electron chi connectivity index (χ3n) is 5.61. The molecule has 2 aliphatic carbocycles. The highest BCUT2D eigenvalue weighted by Crippen LogP contribution is 2.46. The fraction of sp³-hybridized carbons (Fsp3) is 0.591. The minimum absolute atomic E-state index is 0.0299. The van der Waals surface area contributed by atoms with Gasteiger partial charge in [-0.3, -0.25) is 4.79 Å². The molecule has 2 saturated carbocycles. The largest absolute Gasteiger partial charge is 0.348 e. The van der Waals surface area contributed by atoms with Crippen molar-refractivity contribution in [1.29, 1.82) is 0 Å². The van der Waals surface area contributed by atoms with E-state index in [9.17, 15) is 4.79 Å². The van der Waals surface area contributed by atoms with Crippen molar-refractivity contribution in [1.82, 2.24) is 20.1 Å². The number of rotatable bonds is 9. The Morgan fingerprint density at radius 2 is 1.89 bits per heavy atom. The van der Waals surface area contributed by atoms with Gasteiger partial charge in [0.05, 0.1) is 11.8 Å². The van der Waals surface area contributed by atoms with Crippen molar-refractivity contribution in [2.75, 3.05) is 5.75 Å². The zero-order valence-electron chi connectivity index (χ0n) is 17.0. The highest BCUT2D eigenvalue weighted by Gasteiger charge is 2.36. The summed E-state index contributed by atoms with van der Waals surface area (Å²) < 4.78 is 2.30. The maximum absolute atomic E-state index is 12.7. The second kappa shape index (κ2) is 8.27. The molecule has 0 bridgehead atoms. The van der Waals surface area contributed by atoms with E-state index in [2.05, 4.69) is 65.1 Å². The third kappa shape index (κ3) is 4.43. The van der Waals surface area contributed by atoms with Crippen molar-refractivity contribution in [3.05, 3.63) is 41.2 Å². The SMILES string of the molecule is CCc1ccc([C@@H](NC(=O)CSc2nnc(C3CC3)n2C2CC2)C(C)C)cc1. The lowest BCUT2D eigenvalue weighted by molar-refractivity contribution is -0.119. The predicted octanol–water partition coefficient (Wildman–Crippen LogP) is 4.66. The van der Waals surface area contributed by atoms with Crippen molar-refractivity contribution in [3.63, 3.8) is 0 Å². The molecule has 150 valence electrons. The van der Waals surface area contributed by atoms with Crippen LogP contribution in [0.5, 0.6) is 0 Å². The molecule has 0 unspecified atom stereocenters. The molecule has 28 heavy (non-hydrogen) atoms. The maximum Gasteiger partial charge on any atom is 0.230 e. The topological polar surface area (TPSA) is 59.8 Å². The molecule has 0 spiro atoms. The predicted molar refractivity (Wildman–Crippen MR) is 113 cm³/mol. The van der Waals surface area contributed by atoms with E-state index in [4.69, 9.17) is 0 Å². The Bertz CT molecular complexity index is 822. The van der Waals surface area contributed by atoms with Crippen LogP contribution in [0.4, 0.5) is 0 Å². The Kier molecular flexibility index (Phi) is 5.76. The molecule has 0 radical (unpaired) electrons. The first kappa shape index (κ1) is 19.5. The minimum atomic E-state index is 0.0299. The van der Waals surface area contributed by atoms with E-state index in [0.717, 1.165) is 17.4 Å². The van der Waals surface area contributed by atoms with Gasteiger partial charge in [0.15, 0.2) is 5.16 Å². The van der Waals surface area contributed by atoms with Crippen molar-refractivity contribution in [3.8, 4) is 0 Å². The average molecular weight is 399 g/mol. The summed E-state index contributed by atoms with van der Waals surface area (Å²) in [6.07, 6.45) is 5.90. The number of benzene rings is 1. The monoisotopic (exact) mass is 398 g/mol. The first-order valence-electron chi connectivity index (χ1n) is 10.5. The molecule has 1 aromatic heterocycles. The van der Waals surface area contributed by atoms with Crippen LogP contribution in [0.15, 0.2) is 29.4 Å². The minimum Gasteiger partial charge on any atom is -0.348 e. The molecule has 5 nitrogen and oxygen atoms in total. The van der Waals surface area contributed by atoms with E-state index in [-0.39, 0.29) is 11.9 Å². The number of hydrogen-bond donors (Lipinski definition) is 1. The molecule has 1 N–H and O–H groups in total. The molecule has 4 rings (SSSR count).